The lowest BCUT2D eigenvalue weighted by atomic mass is 9.88. The molecular weight excluding hydrogens is 809 g/mol. The third kappa shape index (κ3) is 9.22. The molecule has 13 nitrogen and oxygen atoms in total. The van der Waals surface area contributed by atoms with E-state index in [1.54, 1.807) is 12.2 Å². The first-order valence-corrected chi connectivity index (χ1v) is 20.1. The van der Waals surface area contributed by atoms with Gasteiger partial charge < -0.3 is 25.0 Å². The molecule has 0 radical (unpaired) electrons. The van der Waals surface area contributed by atoms with Gasteiger partial charge in [0, 0.05) is 12.3 Å². The lowest BCUT2D eigenvalue weighted by Crippen LogP contribution is -2.60. The van der Waals surface area contributed by atoms with Crippen LogP contribution in [0.3, 0.4) is 0 Å². The third-order valence-electron chi connectivity index (χ3n) is 11.3. The summed E-state index contributed by atoms with van der Waals surface area (Å²) in [6.07, 6.45) is -9.48. The van der Waals surface area contributed by atoms with Crippen molar-refractivity contribution in [2.75, 3.05) is 13.2 Å². The van der Waals surface area contributed by atoms with Crippen molar-refractivity contribution < 1.29 is 72.6 Å². The zero-order chi connectivity index (χ0) is 43.2. The Hall–Kier alpha value is -4.43. The van der Waals surface area contributed by atoms with Crippen molar-refractivity contribution in [3.63, 3.8) is 0 Å². The highest BCUT2D eigenvalue weighted by Crippen LogP contribution is 2.48. The summed E-state index contributed by atoms with van der Waals surface area (Å²) in [5, 5.41) is 4.71. The van der Waals surface area contributed by atoms with Gasteiger partial charge in [0.15, 0.2) is 0 Å². The molecule has 2 aliphatic carbocycles. The highest BCUT2D eigenvalue weighted by molar-refractivity contribution is 7.91. The average Bonchev–Trinajstić information content (AvgIpc) is 4.02. The summed E-state index contributed by atoms with van der Waals surface area (Å²) in [7, 11) is -4.56. The number of ether oxygens (including phenoxy) is 2. The lowest BCUT2D eigenvalue weighted by molar-refractivity contribution is -0.244. The van der Waals surface area contributed by atoms with Crippen molar-refractivity contribution in [1.82, 2.24) is 20.3 Å². The van der Waals surface area contributed by atoms with Gasteiger partial charge in [0.05, 0.1) is 17.7 Å². The Bertz CT molecular complexity index is 1940. The summed E-state index contributed by atoms with van der Waals surface area (Å²) >= 11 is 0. The van der Waals surface area contributed by atoms with Crippen molar-refractivity contribution in [2.45, 2.75) is 119 Å². The van der Waals surface area contributed by atoms with E-state index in [2.05, 4.69) is 15.4 Å². The van der Waals surface area contributed by atoms with Crippen molar-refractivity contribution in [2.24, 2.45) is 17.8 Å². The first kappa shape index (κ1) is 44.7. The van der Waals surface area contributed by atoms with Gasteiger partial charge in [0.1, 0.15) is 35.1 Å². The van der Waals surface area contributed by atoms with Crippen LogP contribution in [-0.4, -0.2) is 96.6 Å². The van der Waals surface area contributed by atoms with Crippen LogP contribution in [0.5, 0.6) is 0 Å². The minimum Gasteiger partial charge on any atom is -0.457 e. The van der Waals surface area contributed by atoms with E-state index in [0.717, 1.165) is 23.1 Å². The van der Waals surface area contributed by atoms with Crippen molar-refractivity contribution in [1.29, 1.82) is 0 Å². The summed E-state index contributed by atoms with van der Waals surface area (Å²) in [5.74, 6) is -6.58. The molecule has 0 bridgehead atoms. The quantitative estimate of drug-likeness (QED) is 0.182. The summed E-state index contributed by atoms with van der Waals surface area (Å²) in [4.78, 5) is 69.6. The molecule has 1 aromatic carbocycles. The summed E-state index contributed by atoms with van der Waals surface area (Å²) in [5.41, 5.74) is -7.13. The summed E-state index contributed by atoms with van der Waals surface area (Å²) in [6.45, 7) is 2.59. The Morgan fingerprint density at radius 2 is 1.67 bits per heavy atom. The number of nitrogens with one attached hydrogen (secondary N) is 3. The smallest absolute Gasteiger partial charge is 0.427 e. The number of hydrogen-bond acceptors (Lipinski definition) is 9. The Balaban J connectivity index is 1.51. The van der Waals surface area contributed by atoms with Crippen LogP contribution in [0.2, 0.25) is 0 Å². The number of allylic oxidation sites excluding steroid dienone is 1. The van der Waals surface area contributed by atoms with E-state index in [4.69, 9.17) is 4.74 Å². The molecule has 3 N–H and O–H groups in total. The van der Waals surface area contributed by atoms with Crippen LogP contribution in [0.25, 0.3) is 0 Å². The number of alkyl carbamates (subject to hydrolysis) is 1. The average molecular weight is 855 g/mol. The van der Waals surface area contributed by atoms with Crippen LogP contribution in [0.15, 0.2) is 36.4 Å². The van der Waals surface area contributed by atoms with Gasteiger partial charge in [-0.15, -0.1) is 0 Å². The Labute approximate surface area is 329 Å². The predicted octanol–water partition coefficient (Wildman–Crippen LogP) is 5.10. The Morgan fingerprint density at radius 1 is 1.02 bits per heavy atom. The van der Waals surface area contributed by atoms with Crippen LogP contribution in [0, 0.1) is 17.8 Å². The van der Waals surface area contributed by atoms with Gasteiger partial charge in [-0.25, -0.2) is 22.4 Å². The molecule has 2 heterocycles. The molecule has 21 heteroatoms. The zero-order valence-corrected chi connectivity index (χ0v) is 32.8. The van der Waals surface area contributed by atoms with Gasteiger partial charge in [-0.3, -0.25) is 19.1 Å². The molecule has 4 aliphatic rings. The summed E-state index contributed by atoms with van der Waals surface area (Å²) in [6, 6.07) is 0.361. The standard InChI is InChI=1S/C37H45F7N4O9S/c1-20-9-5-6-10-22-17-35(22,31(52)47-58(54,55)34(19-38)13-14-34)46-28(49)26-16-23(56-30(51)24-11-7-8-12-25(24)36(39,40)41)18-48(26)29(50)27(21(2)15-20)45-32(53)57-33(3,4)37(42,43)44/h6-8,10-12,20-23,26-27H,5,9,13-19H2,1-4H3,(H,45,53)(H,46,49)(H,47,52)/t20-,21+,22+,23+,26-,27-,35+/m0/s1. The first-order valence-electron chi connectivity index (χ1n) is 18.6. The van der Waals surface area contributed by atoms with E-state index in [1.807, 2.05) is 11.6 Å². The molecule has 4 amide bonds. The number of hydrogen-bond donors (Lipinski definition) is 3. The van der Waals surface area contributed by atoms with Crippen molar-refractivity contribution in [3.05, 3.63) is 47.5 Å². The SMILES string of the molecule is C[C@H]1CCC=C[C@@H]2C[C@@]2(C(=O)NS(=O)(=O)C2(CF)CC2)NC(=O)[C@@H]2C[C@@H](OC(=O)c3ccccc3C(F)(F)F)CN2C(=O)[C@@H](NC(=O)OC(C)(C)C(F)(F)F)[C@H](C)C1. The van der Waals surface area contributed by atoms with Gasteiger partial charge in [-0.1, -0.05) is 38.1 Å². The fourth-order valence-corrected chi connectivity index (χ4v) is 8.75. The molecule has 0 aromatic heterocycles. The molecule has 2 aliphatic heterocycles. The van der Waals surface area contributed by atoms with Gasteiger partial charge in [0.25, 0.3) is 5.91 Å². The van der Waals surface area contributed by atoms with Crippen molar-refractivity contribution in [3.8, 4) is 0 Å². The maximum absolute atomic E-state index is 14.5. The predicted molar refractivity (Wildman–Crippen MR) is 190 cm³/mol. The van der Waals surface area contributed by atoms with E-state index in [0.29, 0.717) is 32.8 Å². The minimum absolute atomic E-state index is 0.0471. The fraction of sp³-hybridized carbons (Fsp3) is 0.649. The molecule has 322 valence electrons. The number of nitrogens with zero attached hydrogens (tertiary/aromatic N) is 1. The Kier molecular flexibility index (Phi) is 12.3. The van der Waals surface area contributed by atoms with Crippen LogP contribution in [-0.2, 0) is 40.1 Å². The number of rotatable bonds is 8. The largest absolute Gasteiger partial charge is 0.457 e. The van der Waals surface area contributed by atoms with E-state index in [9.17, 15) is 63.1 Å². The van der Waals surface area contributed by atoms with E-state index in [-0.39, 0.29) is 31.6 Å². The highest BCUT2D eigenvalue weighted by Gasteiger charge is 2.64. The van der Waals surface area contributed by atoms with E-state index in [1.165, 1.54) is 6.92 Å². The van der Waals surface area contributed by atoms with Gasteiger partial charge in [0.2, 0.25) is 27.4 Å². The zero-order valence-electron chi connectivity index (χ0n) is 32.0. The molecule has 5 rings (SSSR count). The van der Waals surface area contributed by atoms with Crippen LogP contribution >= 0.6 is 0 Å². The van der Waals surface area contributed by atoms with Gasteiger partial charge in [-0.05, 0) is 76.3 Å². The van der Waals surface area contributed by atoms with Gasteiger partial charge >= 0.3 is 24.4 Å². The molecule has 3 fully saturated rings. The Morgan fingerprint density at radius 3 is 2.28 bits per heavy atom. The van der Waals surface area contributed by atoms with E-state index < -0.39 is 129 Å². The number of alkyl halides is 7. The second-order valence-electron chi connectivity index (χ2n) is 16.2. The number of carbonyl (C=O) groups is 5. The highest BCUT2D eigenvalue weighted by atomic mass is 32.2. The second kappa shape index (κ2) is 16.0. The van der Waals surface area contributed by atoms with E-state index >= 15 is 0 Å². The first-order chi connectivity index (χ1) is 26.8. The topological polar surface area (TPSA) is 177 Å². The van der Waals surface area contributed by atoms with Gasteiger partial charge in [-0.2, -0.15) is 26.3 Å². The molecule has 58 heavy (non-hydrogen) atoms. The second-order valence-corrected chi connectivity index (χ2v) is 18.3. The molecule has 0 unspecified atom stereocenters. The van der Waals surface area contributed by atoms with Crippen LogP contribution in [0.1, 0.15) is 88.6 Å². The van der Waals surface area contributed by atoms with Crippen LogP contribution < -0.4 is 15.4 Å². The van der Waals surface area contributed by atoms with Crippen molar-refractivity contribution >= 4 is 39.8 Å². The number of esters is 1. The maximum atomic E-state index is 14.5. The molecular formula is C37H45F7N4O9S. The third-order valence-corrected chi connectivity index (χ3v) is 13.4. The molecule has 7 atom stereocenters. The monoisotopic (exact) mass is 854 g/mol. The number of fused-ring (bicyclic) bond motifs is 2. The molecule has 0 spiro atoms. The minimum atomic E-state index is -5.02. The normalized spacial score (nSPS) is 29.1. The number of carbonyl (C=O) groups excluding carboxylic acids is 5. The lowest BCUT2D eigenvalue weighted by Gasteiger charge is -2.34. The number of amides is 4. The number of sulfonamides is 1. The maximum Gasteiger partial charge on any atom is 0.427 e. The fourth-order valence-electron chi connectivity index (χ4n) is 7.32. The summed E-state index contributed by atoms with van der Waals surface area (Å²) < 4.78 is 132. The molecule has 1 aromatic rings. The number of halogens is 7. The van der Waals surface area contributed by atoms with Crippen LogP contribution in [0.4, 0.5) is 35.5 Å². The number of benzene rings is 1. The molecule has 1 saturated heterocycles. The molecule has 2 saturated carbocycles.